The molecule has 150 valence electrons. The summed E-state index contributed by atoms with van der Waals surface area (Å²) in [6.45, 7) is 4.83. The number of amides is 2. The van der Waals surface area contributed by atoms with Gasteiger partial charge in [-0.25, -0.2) is 4.98 Å². The van der Waals surface area contributed by atoms with E-state index in [4.69, 9.17) is 0 Å². The number of nitrogens with one attached hydrogen (secondary N) is 2. The van der Waals surface area contributed by atoms with E-state index >= 15 is 0 Å². The normalized spacial score (nSPS) is 10.7. The van der Waals surface area contributed by atoms with E-state index < -0.39 is 11.5 Å². The van der Waals surface area contributed by atoms with Crippen molar-refractivity contribution in [2.24, 2.45) is 0 Å². The van der Waals surface area contributed by atoms with E-state index in [9.17, 15) is 14.4 Å². The number of carbonyl (C=O) groups excluding carboxylic acids is 2. The molecule has 3 rings (SSSR count). The summed E-state index contributed by atoms with van der Waals surface area (Å²) >= 11 is 0. The van der Waals surface area contributed by atoms with Crippen LogP contribution in [0.4, 0.5) is 0 Å². The predicted octanol–water partition coefficient (Wildman–Crippen LogP) is 2.46. The smallest absolute Gasteiger partial charge is 0.270 e. The van der Waals surface area contributed by atoms with E-state index in [2.05, 4.69) is 22.5 Å². The maximum absolute atomic E-state index is 12.6. The Labute approximate surface area is 168 Å². The molecule has 0 saturated heterocycles. The van der Waals surface area contributed by atoms with E-state index in [1.54, 1.807) is 36.5 Å². The summed E-state index contributed by atoms with van der Waals surface area (Å²) in [6, 6.07) is 10.6. The van der Waals surface area contributed by atoms with Gasteiger partial charge in [-0.15, -0.1) is 0 Å². The number of hydrogen-bond acceptors (Lipinski definition) is 4. The first-order valence-corrected chi connectivity index (χ1v) is 9.63. The van der Waals surface area contributed by atoms with Crippen molar-refractivity contribution in [1.29, 1.82) is 0 Å². The molecule has 0 fully saturated rings. The van der Waals surface area contributed by atoms with Gasteiger partial charge in [0.05, 0.1) is 0 Å². The van der Waals surface area contributed by atoms with Crippen LogP contribution in [0.15, 0.2) is 53.6 Å². The van der Waals surface area contributed by atoms with Gasteiger partial charge >= 0.3 is 0 Å². The minimum atomic E-state index is -0.486. The molecule has 0 unspecified atom stereocenters. The highest BCUT2D eigenvalue weighted by Gasteiger charge is 2.13. The summed E-state index contributed by atoms with van der Waals surface area (Å²) in [7, 11) is 0. The van der Waals surface area contributed by atoms with Gasteiger partial charge < -0.3 is 10.6 Å². The Bertz CT molecular complexity index is 1090. The van der Waals surface area contributed by atoms with E-state index in [1.807, 2.05) is 13.0 Å². The van der Waals surface area contributed by atoms with Crippen LogP contribution in [0.1, 0.15) is 51.6 Å². The van der Waals surface area contributed by atoms with Crippen LogP contribution in [0, 0.1) is 6.92 Å². The molecule has 0 spiro atoms. The first-order valence-electron chi connectivity index (χ1n) is 9.63. The van der Waals surface area contributed by atoms with E-state index in [-0.39, 0.29) is 18.0 Å². The Hall–Kier alpha value is -3.48. The molecule has 0 bridgehead atoms. The summed E-state index contributed by atoms with van der Waals surface area (Å²) < 4.78 is 1.37. The summed E-state index contributed by atoms with van der Waals surface area (Å²) in [5, 5.41) is 5.60. The molecule has 2 N–H and O–H groups in total. The first kappa shape index (κ1) is 20.3. The van der Waals surface area contributed by atoms with Crippen molar-refractivity contribution in [2.75, 3.05) is 6.54 Å². The highest BCUT2D eigenvalue weighted by molar-refractivity contribution is 5.94. The van der Waals surface area contributed by atoms with Crippen LogP contribution in [0.25, 0.3) is 5.65 Å². The van der Waals surface area contributed by atoms with Crippen LogP contribution in [0.3, 0.4) is 0 Å². The average Bonchev–Trinajstić information content (AvgIpc) is 2.73. The zero-order valence-electron chi connectivity index (χ0n) is 16.6. The number of benzene rings is 1. The lowest BCUT2D eigenvalue weighted by Gasteiger charge is -2.08. The number of unbranched alkanes of at least 4 members (excludes halogenated alkanes) is 1. The fourth-order valence-corrected chi connectivity index (χ4v) is 2.87. The van der Waals surface area contributed by atoms with Crippen LogP contribution in [-0.2, 0) is 6.54 Å². The van der Waals surface area contributed by atoms with Crippen LogP contribution < -0.4 is 16.2 Å². The van der Waals surface area contributed by atoms with Gasteiger partial charge in [-0.3, -0.25) is 18.8 Å². The lowest BCUT2D eigenvalue weighted by molar-refractivity contribution is 0.0941. The molecule has 29 heavy (non-hydrogen) atoms. The van der Waals surface area contributed by atoms with Crippen molar-refractivity contribution >= 4 is 17.5 Å². The topological polar surface area (TPSA) is 92.6 Å². The Kier molecular flexibility index (Phi) is 6.39. The Morgan fingerprint density at radius 3 is 2.52 bits per heavy atom. The zero-order chi connectivity index (χ0) is 20.8. The van der Waals surface area contributed by atoms with Gasteiger partial charge in [0.15, 0.2) is 0 Å². The number of fused-ring (bicyclic) bond motifs is 1. The standard InChI is InChI=1S/C22H24N4O3/c1-3-4-11-23-20(27)17-8-6-16(7-9-17)12-25-21(28)18-13-24-19-10-5-15(2)14-26(19)22(18)29/h5-10,13-14H,3-4,11-12H2,1-2H3,(H,23,27)(H,25,28). The van der Waals surface area contributed by atoms with Crippen molar-refractivity contribution < 1.29 is 9.59 Å². The number of aromatic nitrogens is 2. The van der Waals surface area contributed by atoms with Crippen molar-refractivity contribution in [3.8, 4) is 0 Å². The van der Waals surface area contributed by atoms with Crippen molar-refractivity contribution in [2.45, 2.75) is 33.2 Å². The quantitative estimate of drug-likeness (QED) is 0.604. The van der Waals surface area contributed by atoms with Gasteiger partial charge in [0.2, 0.25) is 0 Å². The Morgan fingerprint density at radius 2 is 1.79 bits per heavy atom. The maximum atomic E-state index is 12.6. The second kappa shape index (κ2) is 9.14. The molecule has 3 aromatic rings. The molecule has 0 aliphatic rings. The summed E-state index contributed by atoms with van der Waals surface area (Å²) in [4.78, 5) is 41.2. The molecule has 7 nitrogen and oxygen atoms in total. The third kappa shape index (κ3) is 4.87. The van der Waals surface area contributed by atoms with E-state index in [0.29, 0.717) is 17.8 Å². The van der Waals surface area contributed by atoms with Crippen molar-refractivity contribution in [1.82, 2.24) is 20.0 Å². The maximum Gasteiger partial charge on any atom is 0.270 e. The van der Waals surface area contributed by atoms with Gasteiger partial charge in [-0.05, 0) is 42.7 Å². The number of carbonyl (C=O) groups is 2. The van der Waals surface area contributed by atoms with E-state index in [0.717, 1.165) is 24.0 Å². The van der Waals surface area contributed by atoms with Gasteiger partial charge in [0, 0.05) is 31.0 Å². The lowest BCUT2D eigenvalue weighted by Crippen LogP contribution is -2.31. The van der Waals surface area contributed by atoms with E-state index in [1.165, 1.54) is 10.6 Å². The fraction of sp³-hybridized carbons (Fsp3) is 0.273. The minimum Gasteiger partial charge on any atom is -0.352 e. The first-order chi connectivity index (χ1) is 14.0. The van der Waals surface area contributed by atoms with Gasteiger partial charge in [-0.1, -0.05) is 31.5 Å². The minimum absolute atomic E-state index is 0.0139. The molecule has 0 radical (unpaired) electrons. The van der Waals surface area contributed by atoms with Gasteiger partial charge in [0.1, 0.15) is 11.2 Å². The Morgan fingerprint density at radius 1 is 1.03 bits per heavy atom. The molecule has 1 aromatic carbocycles. The second-order valence-electron chi connectivity index (χ2n) is 6.90. The Balaban J connectivity index is 1.65. The number of hydrogen-bond donors (Lipinski definition) is 2. The molecule has 2 aromatic heterocycles. The fourth-order valence-electron chi connectivity index (χ4n) is 2.87. The highest BCUT2D eigenvalue weighted by Crippen LogP contribution is 2.06. The van der Waals surface area contributed by atoms with Gasteiger partial charge in [0.25, 0.3) is 17.4 Å². The summed E-state index contributed by atoms with van der Waals surface area (Å²) in [5.41, 5.74) is 2.37. The number of aryl methyl sites for hydroxylation is 1. The molecule has 0 saturated carbocycles. The van der Waals surface area contributed by atoms with Crippen molar-refractivity contribution in [3.63, 3.8) is 0 Å². The number of rotatable bonds is 7. The largest absolute Gasteiger partial charge is 0.352 e. The van der Waals surface area contributed by atoms with Crippen LogP contribution in [-0.4, -0.2) is 27.7 Å². The molecule has 0 aliphatic heterocycles. The molecule has 2 heterocycles. The van der Waals surface area contributed by atoms with Crippen LogP contribution in [0.2, 0.25) is 0 Å². The second-order valence-corrected chi connectivity index (χ2v) is 6.90. The molecule has 2 amide bonds. The average molecular weight is 392 g/mol. The lowest BCUT2D eigenvalue weighted by atomic mass is 10.1. The zero-order valence-corrected chi connectivity index (χ0v) is 16.6. The van der Waals surface area contributed by atoms with Crippen LogP contribution >= 0.6 is 0 Å². The van der Waals surface area contributed by atoms with Gasteiger partial charge in [-0.2, -0.15) is 0 Å². The van der Waals surface area contributed by atoms with Crippen molar-refractivity contribution in [3.05, 3.63) is 81.4 Å². The summed E-state index contributed by atoms with van der Waals surface area (Å²) in [6.07, 6.45) is 4.92. The third-order valence-corrected chi connectivity index (χ3v) is 4.58. The molecular weight excluding hydrogens is 368 g/mol. The predicted molar refractivity (Wildman–Crippen MR) is 111 cm³/mol. The monoisotopic (exact) mass is 392 g/mol. The molecule has 0 atom stereocenters. The SMILES string of the molecule is CCCCNC(=O)c1ccc(CNC(=O)c2cnc3ccc(C)cn3c2=O)cc1. The number of pyridine rings is 1. The van der Waals surface area contributed by atoms with Crippen LogP contribution in [0.5, 0.6) is 0 Å². The molecule has 7 heteroatoms. The third-order valence-electron chi connectivity index (χ3n) is 4.58. The molecule has 0 aliphatic carbocycles. The number of nitrogens with zero attached hydrogens (tertiary/aromatic N) is 2. The highest BCUT2D eigenvalue weighted by atomic mass is 16.2. The summed E-state index contributed by atoms with van der Waals surface area (Å²) in [5.74, 6) is -0.598. The molecular formula is C22H24N4O3.